The second kappa shape index (κ2) is 4.81. The minimum atomic E-state index is 0.154. The Labute approximate surface area is 92.7 Å². The highest BCUT2D eigenvalue weighted by atomic mass is 16.5. The van der Waals surface area contributed by atoms with Crippen molar-refractivity contribution >= 4 is 0 Å². The molecule has 0 radical (unpaired) electrons. The van der Waals surface area contributed by atoms with Gasteiger partial charge < -0.3 is 4.74 Å². The Morgan fingerprint density at radius 3 is 2.47 bits per heavy atom. The summed E-state index contributed by atoms with van der Waals surface area (Å²) in [6.07, 6.45) is 10.3. The van der Waals surface area contributed by atoms with Gasteiger partial charge in [0.05, 0.1) is 5.60 Å². The molecule has 3 N–H and O–H groups in total. The molecule has 2 aliphatic carbocycles. The minimum Gasteiger partial charge on any atom is -0.378 e. The van der Waals surface area contributed by atoms with Crippen molar-refractivity contribution in [3.05, 3.63) is 0 Å². The topological polar surface area (TPSA) is 47.3 Å². The second-order valence-corrected chi connectivity index (χ2v) is 5.34. The van der Waals surface area contributed by atoms with Gasteiger partial charge in [0.2, 0.25) is 0 Å². The third-order valence-electron chi connectivity index (χ3n) is 4.39. The van der Waals surface area contributed by atoms with E-state index in [1.54, 1.807) is 0 Å². The molecule has 1 unspecified atom stereocenters. The molecule has 0 heterocycles. The Morgan fingerprint density at radius 1 is 1.40 bits per heavy atom. The van der Waals surface area contributed by atoms with E-state index in [2.05, 4.69) is 5.43 Å². The standard InChI is InChI=1S/C12H24N2O/c1-15-12(6-3-7-12)9-11(14-13)8-10-4-2-5-10/h10-11,14H,2-9,13H2,1H3. The van der Waals surface area contributed by atoms with Crippen molar-refractivity contribution in [3.8, 4) is 0 Å². The van der Waals surface area contributed by atoms with Crippen LogP contribution in [0.25, 0.3) is 0 Å². The molecule has 3 nitrogen and oxygen atoms in total. The van der Waals surface area contributed by atoms with E-state index in [9.17, 15) is 0 Å². The molecule has 0 aromatic heterocycles. The van der Waals surface area contributed by atoms with Crippen molar-refractivity contribution in [2.75, 3.05) is 7.11 Å². The Morgan fingerprint density at radius 2 is 2.13 bits per heavy atom. The van der Waals surface area contributed by atoms with E-state index in [1.807, 2.05) is 7.11 Å². The first kappa shape index (κ1) is 11.4. The van der Waals surface area contributed by atoms with Crippen molar-refractivity contribution < 1.29 is 4.74 Å². The smallest absolute Gasteiger partial charge is 0.0694 e. The number of hydrogen-bond acceptors (Lipinski definition) is 3. The average Bonchev–Trinajstić information content (AvgIpc) is 2.13. The third-order valence-corrected chi connectivity index (χ3v) is 4.39. The van der Waals surface area contributed by atoms with E-state index < -0.39 is 0 Å². The van der Waals surface area contributed by atoms with Gasteiger partial charge in [-0.3, -0.25) is 11.3 Å². The van der Waals surface area contributed by atoms with Gasteiger partial charge in [-0.2, -0.15) is 0 Å². The summed E-state index contributed by atoms with van der Waals surface area (Å²) >= 11 is 0. The Balaban J connectivity index is 1.78. The highest BCUT2D eigenvalue weighted by Gasteiger charge is 2.39. The van der Waals surface area contributed by atoms with Gasteiger partial charge in [-0.1, -0.05) is 19.3 Å². The summed E-state index contributed by atoms with van der Waals surface area (Å²) in [7, 11) is 1.84. The van der Waals surface area contributed by atoms with Gasteiger partial charge in [0, 0.05) is 13.2 Å². The van der Waals surface area contributed by atoms with Gasteiger partial charge in [0.1, 0.15) is 0 Å². The van der Waals surface area contributed by atoms with Crippen LogP contribution in [-0.4, -0.2) is 18.8 Å². The number of methoxy groups -OCH3 is 1. The molecule has 3 heteroatoms. The molecule has 0 aromatic rings. The van der Waals surface area contributed by atoms with Gasteiger partial charge in [0.25, 0.3) is 0 Å². The summed E-state index contributed by atoms with van der Waals surface area (Å²) in [5.74, 6) is 6.55. The highest BCUT2D eigenvalue weighted by Crippen LogP contribution is 2.40. The molecule has 1 atom stereocenters. The van der Waals surface area contributed by atoms with Gasteiger partial charge >= 0.3 is 0 Å². The van der Waals surface area contributed by atoms with Crippen LogP contribution in [-0.2, 0) is 4.74 Å². The van der Waals surface area contributed by atoms with E-state index in [0.717, 1.165) is 12.3 Å². The quantitative estimate of drug-likeness (QED) is 0.523. The zero-order chi connectivity index (χ0) is 10.7. The molecular weight excluding hydrogens is 188 g/mol. The van der Waals surface area contributed by atoms with Crippen LogP contribution in [0, 0.1) is 5.92 Å². The summed E-state index contributed by atoms with van der Waals surface area (Å²) in [5.41, 5.74) is 3.13. The van der Waals surface area contributed by atoms with E-state index in [4.69, 9.17) is 10.6 Å². The summed E-state index contributed by atoms with van der Waals surface area (Å²) in [5, 5.41) is 0. The normalized spacial score (nSPS) is 26.8. The van der Waals surface area contributed by atoms with Gasteiger partial charge in [-0.15, -0.1) is 0 Å². The molecule has 0 aromatic carbocycles. The first-order valence-corrected chi connectivity index (χ1v) is 6.29. The number of nitrogens with two attached hydrogens (primary N) is 1. The molecule has 2 aliphatic rings. The molecule has 0 saturated heterocycles. The number of ether oxygens (including phenoxy) is 1. The zero-order valence-electron chi connectivity index (χ0n) is 9.80. The number of hydrogen-bond donors (Lipinski definition) is 2. The van der Waals surface area contributed by atoms with Gasteiger partial charge in [-0.25, -0.2) is 0 Å². The van der Waals surface area contributed by atoms with Crippen LogP contribution in [0.2, 0.25) is 0 Å². The third kappa shape index (κ3) is 2.52. The van der Waals surface area contributed by atoms with Crippen molar-refractivity contribution in [3.63, 3.8) is 0 Å². The highest BCUT2D eigenvalue weighted by molar-refractivity contribution is 4.93. The lowest BCUT2D eigenvalue weighted by Crippen LogP contribution is -2.48. The summed E-state index contributed by atoms with van der Waals surface area (Å²) in [4.78, 5) is 0. The Kier molecular flexibility index (Phi) is 3.65. The largest absolute Gasteiger partial charge is 0.378 e. The van der Waals surface area contributed by atoms with Crippen molar-refractivity contribution in [2.24, 2.45) is 11.8 Å². The summed E-state index contributed by atoms with van der Waals surface area (Å²) in [6, 6.07) is 0.454. The SMILES string of the molecule is COC1(CC(CC2CCC2)NN)CCC1. The van der Waals surface area contributed by atoms with E-state index >= 15 is 0 Å². The van der Waals surface area contributed by atoms with Gasteiger partial charge in [-0.05, 0) is 38.0 Å². The fourth-order valence-corrected chi connectivity index (χ4v) is 2.85. The van der Waals surface area contributed by atoms with Gasteiger partial charge in [0.15, 0.2) is 0 Å². The lowest BCUT2D eigenvalue weighted by molar-refractivity contribution is -0.0851. The van der Waals surface area contributed by atoms with E-state index in [0.29, 0.717) is 6.04 Å². The molecule has 2 saturated carbocycles. The molecule has 0 bridgehead atoms. The fourth-order valence-electron chi connectivity index (χ4n) is 2.85. The molecule has 0 spiro atoms. The fraction of sp³-hybridized carbons (Fsp3) is 1.00. The molecule has 2 rings (SSSR count). The lowest BCUT2D eigenvalue weighted by Gasteiger charge is -2.43. The van der Waals surface area contributed by atoms with Crippen LogP contribution in [0.4, 0.5) is 0 Å². The van der Waals surface area contributed by atoms with Crippen LogP contribution in [0.1, 0.15) is 51.4 Å². The molecule has 15 heavy (non-hydrogen) atoms. The maximum Gasteiger partial charge on any atom is 0.0694 e. The zero-order valence-corrected chi connectivity index (χ0v) is 9.80. The molecule has 0 aliphatic heterocycles. The maximum absolute atomic E-state index is 5.64. The van der Waals surface area contributed by atoms with Crippen LogP contribution < -0.4 is 11.3 Å². The molecular formula is C12H24N2O. The molecule has 0 amide bonds. The second-order valence-electron chi connectivity index (χ2n) is 5.34. The summed E-state index contributed by atoms with van der Waals surface area (Å²) in [6.45, 7) is 0. The maximum atomic E-state index is 5.64. The van der Waals surface area contributed by atoms with Crippen molar-refractivity contribution in [1.82, 2.24) is 5.43 Å². The van der Waals surface area contributed by atoms with E-state index in [-0.39, 0.29) is 5.60 Å². The van der Waals surface area contributed by atoms with Crippen LogP contribution in [0.5, 0.6) is 0 Å². The predicted octanol–water partition coefficient (Wildman–Crippen LogP) is 1.97. The molecule has 88 valence electrons. The predicted molar refractivity (Wildman–Crippen MR) is 61.3 cm³/mol. The number of rotatable bonds is 6. The summed E-state index contributed by atoms with van der Waals surface area (Å²) < 4.78 is 5.64. The average molecular weight is 212 g/mol. The number of hydrazine groups is 1. The first-order chi connectivity index (χ1) is 7.28. The molecule has 2 fully saturated rings. The minimum absolute atomic E-state index is 0.154. The Bertz CT molecular complexity index is 194. The van der Waals surface area contributed by atoms with Crippen LogP contribution in [0.15, 0.2) is 0 Å². The van der Waals surface area contributed by atoms with Crippen LogP contribution >= 0.6 is 0 Å². The van der Waals surface area contributed by atoms with Crippen LogP contribution in [0.3, 0.4) is 0 Å². The lowest BCUT2D eigenvalue weighted by atomic mass is 9.73. The van der Waals surface area contributed by atoms with E-state index in [1.165, 1.54) is 44.9 Å². The van der Waals surface area contributed by atoms with Crippen molar-refractivity contribution in [2.45, 2.75) is 63.0 Å². The Hall–Kier alpha value is -0.120. The van der Waals surface area contributed by atoms with Crippen molar-refractivity contribution in [1.29, 1.82) is 0 Å². The number of nitrogens with one attached hydrogen (secondary N) is 1. The first-order valence-electron chi connectivity index (χ1n) is 6.29. The monoisotopic (exact) mass is 212 g/mol.